The van der Waals surface area contributed by atoms with Crippen LogP contribution in [-0.2, 0) is 10.2 Å². The minimum absolute atomic E-state index is 0.171. The third-order valence-corrected chi connectivity index (χ3v) is 5.02. The van der Waals surface area contributed by atoms with Crippen molar-refractivity contribution >= 4 is 17.6 Å². The molecule has 1 fully saturated rings. The zero-order valence-corrected chi connectivity index (χ0v) is 13.7. The summed E-state index contributed by atoms with van der Waals surface area (Å²) in [6, 6.07) is 6.14. The van der Waals surface area contributed by atoms with Gasteiger partial charge in [0.2, 0.25) is 5.95 Å². The average molecular weight is 311 g/mol. The molecule has 2 aliphatic rings. The van der Waals surface area contributed by atoms with Gasteiger partial charge in [0.25, 0.3) is 0 Å². The standard InChI is InChI=1S/C17H21N5O/c1-16(2)8-12-17(3,10-23-16)11-9-20-15(18)21-14(11)22(12)13-6-4-5-7-19-13/h4-7,9,12H,8,10H2,1-3H3,(H2,18,20,21)/t12-,17-/m1/s1. The molecule has 2 atom stereocenters. The minimum Gasteiger partial charge on any atom is -0.374 e. The lowest BCUT2D eigenvalue weighted by atomic mass is 9.73. The highest BCUT2D eigenvalue weighted by Crippen LogP contribution is 2.52. The van der Waals surface area contributed by atoms with Crippen LogP contribution in [0.4, 0.5) is 17.6 Å². The van der Waals surface area contributed by atoms with Crippen LogP contribution in [0, 0.1) is 0 Å². The van der Waals surface area contributed by atoms with Gasteiger partial charge in [-0.15, -0.1) is 0 Å². The van der Waals surface area contributed by atoms with Gasteiger partial charge in [-0.1, -0.05) is 13.0 Å². The number of ether oxygens (including phenoxy) is 1. The summed E-state index contributed by atoms with van der Waals surface area (Å²) < 4.78 is 6.12. The van der Waals surface area contributed by atoms with E-state index in [9.17, 15) is 0 Å². The van der Waals surface area contributed by atoms with Crippen molar-refractivity contribution < 1.29 is 4.74 Å². The average Bonchev–Trinajstić information content (AvgIpc) is 2.75. The van der Waals surface area contributed by atoms with Crippen LogP contribution in [0.15, 0.2) is 30.6 Å². The fourth-order valence-corrected chi connectivity index (χ4v) is 3.71. The van der Waals surface area contributed by atoms with Crippen molar-refractivity contribution in [3.8, 4) is 0 Å². The molecule has 23 heavy (non-hydrogen) atoms. The first-order valence-corrected chi connectivity index (χ1v) is 7.88. The topological polar surface area (TPSA) is 77.2 Å². The van der Waals surface area contributed by atoms with Crippen molar-refractivity contribution in [2.24, 2.45) is 0 Å². The van der Waals surface area contributed by atoms with Gasteiger partial charge in [0.1, 0.15) is 11.6 Å². The van der Waals surface area contributed by atoms with Gasteiger partial charge in [0.05, 0.1) is 18.2 Å². The molecule has 4 rings (SSSR count). The SMILES string of the molecule is CC1(C)C[C@H]2N(c3ccccn3)c3nc(N)ncc3[C@@]2(C)CO1. The van der Waals surface area contributed by atoms with Crippen LogP contribution in [0.5, 0.6) is 0 Å². The van der Waals surface area contributed by atoms with Gasteiger partial charge in [0.15, 0.2) is 0 Å². The van der Waals surface area contributed by atoms with Crippen molar-refractivity contribution in [3.05, 3.63) is 36.2 Å². The van der Waals surface area contributed by atoms with E-state index in [1.54, 1.807) is 6.20 Å². The molecule has 6 nitrogen and oxygen atoms in total. The number of nitrogens with zero attached hydrogens (tertiary/aromatic N) is 4. The van der Waals surface area contributed by atoms with Crippen LogP contribution in [-0.4, -0.2) is 33.2 Å². The summed E-state index contributed by atoms with van der Waals surface area (Å²) in [4.78, 5) is 15.5. The van der Waals surface area contributed by atoms with Gasteiger partial charge >= 0.3 is 0 Å². The largest absolute Gasteiger partial charge is 0.374 e. The van der Waals surface area contributed by atoms with E-state index in [1.807, 2.05) is 24.4 Å². The molecule has 120 valence electrons. The molecular weight excluding hydrogens is 290 g/mol. The highest BCUT2D eigenvalue weighted by molar-refractivity contribution is 5.69. The van der Waals surface area contributed by atoms with Crippen molar-refractivity contribution in [1.82, 2.24) is 15.0 Å². The maximum absolute atomic E-state index is 6.12. The summed E-state index contributed by atoms with van der Waals surface area (Å²) in [7, 11) is 0. The second kappa shape index (κ2) is 4.64. The molecule has 0 aromatic carbocycles. The maximum Gasteiger partial charge on any atom is 0.221 e. The van der Waals surface area contributed by atoms with Crippen LogP contribution in [0.25, 0.3) is 0 Å². The van der Waals surface area contributed by atoms with Crippen LogP contribution in [0.1, 0.15) is 32.8 Å². The second-order valence-corrected chi connectivity index (χ2v) is 7.21. The van der Waals surface area contributed by atoms with Crippen molar-refractivity contribution in [2.75, 3.05) is 17.2 Å². The number of hydrogen-bond acceptors (Lipinski definition) is 6. The van der Waals surface area contributed by atoms with E-state index < -0.39 is 0 Å². The second-order valence-electron chi connectivity index (χ2n) is 7.21. The first-order chi connectivity index (χ1) is 10.9. The quantitative estimate of drug-likeness (QED) is 0.871. The van der Waals surface area contributed by atoms with Crippen LogP contribution in [0.2, 0.25) is 0 Å². The lowest BCUT2D eigenvalue weighted by molar-refractivity contribution is -0.0893. The Bertz CT molecular complexity index is 748. The van der Waals surface area contributed by atoms with E-state index >= 15 is 0 Å². The molecule has 2 aromatic heterocycles. The zero-order chi connectivity index (χ0) is 16.2. The summed E-state index contributed by atoms with van der Waals surface area (Å²) in [6.45, 7) is 7.11. The lowest BCUT2D eigenvalue weighted by Gasteiger charge is -2.46. The Kier molecular flexibility index (Phi) is 2.90. The lowest BCUT2D eigenvalue weighted by Crippen LogP contribution is -2.54. The fourth-order valence-electron chi connectivity index (χ4n) is 3.71. The molecule has 6 heteroatoms. The van der Waals surface area contributed by atoms with E-state index in [0.717, 1.165) is 23.6 Å². The Hall–Kier alpha value is -2.21. The molecule has 0 bridgehead atoms. The van der Waals surface area contributed by atoms with Gasteiger partial charge in [0, 0.05) is 23.4 Å². The number of nitrogen functional groups attached to an aromatic ring is 1. The number of fused-ring (bicyclic) bond motifs is 3. The third kappa shape index (κ3) is 2.09. The van der Waals surface area contributed by atoms with Gasteiger partial charge in [-0.05, 0) is 32.4 Å². The monoisotopic (exact) mass is 311 g/mol. The van der Waals surface area contributed by atoms with E-state index in [4.69, 9.17) is 10.5 Å². The molecule has 4 heterocycles. The molecule has 0 spiro atoms. The zero-order valence-electron chi connectivity index (χ0n) is 13.7. The molecule has 2 aliphatic heterocycles. The van der Waals surface area contributed by atoms with Gasteiger partial charge < -0.3 is 15.4 Å². The van der Waals surface area contributed by atoms with Gasteiger partial charge in [-0.3, -0.25) is 0 Å². The van der Waals surface area contributed by atoms with Gasteiger partial charge in [-0.25, -0.2) is 9.97 Å². The first-order valence-electron chi connectivity index (χ1n) is 7.88. The molecular formula is C17H21N5O. The third-order valence-electron chi connectivity index (χ3n) is 5.02. The van der Waals surface area contributed by atoms with Crippen LogP contribution >= 0.6 is 0 Å². The summed E-state index contributed by atoms with van der Waals surface area (Å²) >= 11 is 0. The van der Waals surface area contributed by atoms with E-state index in [-0.39, 0.29) is 23.0 Å². The Balaban J connectivity index is 1.91. The Labute approximate surface area is 135 Å². The predicted molar refractivity (Wildman–Crippen MR) is 88.6 cm³/mol. The fraction of sp³-hybridized carbons (Fsp3) is 0.471. The number of anilines is 3. The molecule has 0 aliphatic carbocycles. The molecule has 2 N–H and O–H groups in total. The Morgan fingerprint density at radius 2 is 2.09 bits per heavy atom. The van der Waals surface area contributed by atoms with E-state index in [2.05, 4.69) is 40.6 Å². The summed E-state index contributed by atoms with van der Waals surface area (Å²) in [5, 5.41) is 0. The number of nitrogens with two attached hydrogens (primary N) is 1. The first kappa shape index (κ1) is 14.4. The molecule has 0 saturated carbocycles. The van der Waals surface area contributed by atoms with Gasteiger partial charge in [-0.2, -0.15) is 4.98 Å². The summed E-state index contributed by atoms with van der Waals surface area (Å²) in [6.07, 6.45) is 4.53. The normalized spacial score (nSPS) is 28.3. The summed E-state index contributed by atoms with van der Waals surface area (Å²) in [5.41, 5.74) is 6.58. The van der Waals surface area contributed by atoms with Crippen molar-refractivity contribution in [1.29, 1.82) is 0 Å². The van der Waals surface area contributed by atoms with E-state index in [0.29, 0.717) is 6.61 Å². The summed E-state index contributed by atoms with van der Waals surface area (Å²) in [5.74, 6) is 2.02. The minimum atomic E-state index is -0.182. The number of aromatic nitrogens is 3. The maximum atomic E-state index is 6.12. The predicted octanol–water partition coefficient (Wildman–Crippen LogP) is 2.43. The highest BCUT2D eigenvalue weighted by atomic mass is 16.5. The molecule has 0 unspecified atom stereocenters. The molecule has 1 saturated heterocycles. The smallest absolute Gasteiger partial charge is 0.221 e. The van der Waals surface area contributed by atoms with E-state index in [1.165, 1.54) is 0 Å². The molecule has 2 aromatic rings. The Morgan fingerprint density at radius 3 is 2.83 bits per heavy atom. The molecule has 0 radical (unpaired) electrons. The number of hydrogen-bond donors (Lipinski definition) is 1. The highest BCUT2D eigenvalue weighted by Gasteiger charge is 2.55. The van der Waals surface area contributed by atoms with Crippen molar-refractivity contribution in [2.45, 2.75) is 44.2 Å². The number of rotatable bonds is 1. The Morgan fingerprint density at radius 1 is 1.26 bits per heavy atom. The van der Waals surface area contributed by atoms with Crippen molar-refractivity contribution in [3.63, 3.8) is 0 Å². The van der Waals surface area contributed by atoms with Crippen LogP contribution < -0.4 is 10.6 Å². The number of pyridine rings is 1. The molecule has 0 amide bonds. The van der Waals surface area contributed by atoms with Crippen LogP contribution in [0.3, 0.4) is 0 Å².